The first kappa shape index (κ1) is 9.52. The molecule has 1 N–H and O–H groups in total. The molecular formula is C9H16O3. The van der Waals surface area contributed by atoms with Crippen LogP contribution in [0.25, 0.3) is 0 Å². The van der Waals surface area contributed by atoms with E-state index in [2.05, 4.69) is 6.92 Å². The third-order valence-electron chi connectivity index (χ3n) is 2.42. The van der Waals surface area contributed by atoms with Crippen molar-refractivity contribution in [3.8, 4) is 0 Å². The fraction of sp³-hybridized carbons (Fsp3) is 0.889. The Balaban J connectivity index is 2.44. The van der Waals surface area contributed by atoms with Crippen LogP contribution in [-0.2, 0) is 9.53 Å². The molecule has 0 aromatic rings. The molecule has 1 rings (SSSR count). The van der Waals surface area contributed by atoms with Gasteiger partial charge in [-0.2, -0.15) is 0 Å². The first-order valence-electron chi connectivity index (χ1n) is 4.53. The van der Waals surface area contributed by atoms with Gasteiger partial charge in [0, 0.05) is 0 Å². The molecular weight excluding hydrogens is 156 g/mol. The van der Waals surface area contributed by atoms with Gasteiger partial charge >= 0.3 is 5.97 Å². The van der Waals surface area contributed by atoms with E-state index in [1.807, 2.05) is 6.92 Å². The van der Waals surface area contributed by atoms with E-state index in [4.69, 9.17) is 9.84 Å². The Morgan fingerprint density at radius 3 is 2.75 bits per heavy atom. The van der Waals surface area contributed by atoms with E-state index in [-0.39, 0.29) is 18.1 Å². The summed E-state index contributed by atoms with van der Waals surface area (Å²) in [4.78, 5) is 10.7. The van der Waals surface area contributed by atoms with Crippen molar-refractivity contribution in [2.75, 3.05) is 0 Å². The van der Waals surface area contributed by atoms with E-state index in [0.717, 1.165) is 12.8 Å². The minimum atomic E-state index is -0.721. The Kier molecular flexibility index (Phi) is 3.09. The zero-order valence-electron chi connectivity index (χ0n) is 7.62. The predicted molar refractivity (Wildman–Crippen MR) is 45.0 cm³/mol. The molecule has 3 atom stereocenters. The predicted octanol–water partition coefficient (Wildman–Crippen LogP) is 1.66. The number of aliphatic carboxylic acids is 1. The third-order valence-corrected chi connectivity index (χ3v) is 2.42. The molecule has 3 heteroatoms. The summed E-state index contributed by atoms with van der Waals surface area (Å²) in [5.41, 5.74) is 0. The molecule has 1 aliphatic heterocycles. The number of ether oxygens (including phenoxy) is 1. The molecule has 0 amide bonds. The van der Waals surface area contributed by atoms with Gasteiger partial charge in [0.15, 0.2) is 0 Å². The maximum atomic E-state index is 10.7. The average Bonchev–Trinajstić information content (AvgIpc) is 2.32. The normalized spacial score (nSPS) is 35.3. The molecule has 1 aliphatic rings. The van der Waals surface area contributed by atoms with Gasteiger partial charge in [-0.1, -0.05) is 13.3 Å². The van der Waals surface area contributed by atoms with Gasteiger partial charge in [-0.05, 0) is 19.8 Å². The topological polar surface area (TPSA) is 46.5 Å². The lowest BCUT2D eigenvalue weighted by Gasteiger charge is -2.08. The summed E-state index contributed by atoms with van der Waals surface area (Å²) < 4.78 is 5.49. The van der Waals surface area contributed by atoms with E-state index in [9.17, 15) is 4.79 Å². The molecule has 3 nitrogen and oxygen atoms in total. The van der Waals surface area contributed by atoms with Crippen molar-refractivity contribution in [1.82, 2.24) is 0 Å². The van der Waals surface area contributed by atoms with Gasteiger partial charge in [0.2, 0.25) is 0 Å². The van der Waals surface area contributed by atoms with E-state index >= 15 is 0 Å². The zero-order chi connectivity index (χ0) is 9.14. The Labute approximate surface area is 72.7 Å². The van der Waals surface area contributed by atoms with Crippen LogP contribution < -0.4 is 0 Å². The molecule has 0 bridgehead atoms. The number of hydrogen-bond acceptors (Lipinski definition) is 2. The molecule has 0 spiro atoms. The molecule has 0 radical (unpaired) electrons. The Morgan fingerprint density at radius 1 is 1.67 bits per heavy atom. The fourth-order valence-electron chi connectivity index (χ4n) is 1.74. The second-order valence-corrected chi connectivity index (χ2v) is 3.43. The first-order valence-corrected chi connectivity index (χ1v) is 4.53. The minimum Gasteiger partial charge on any atom is -0.481 e. The molecule has 1 saturated heterocycles. The highest BCUT2D eigenvalue weighted by Gasteiger charge is 2.36. The van der Waals surface area contributed by atoms with Gasteiger partial charge < -0.3 is 9.84 Å². The monoisotopic (exact) mass is 172 g/mol. The molecule has 0 aromatic carbocycles. The zero-order valence-corrected chi connectivity index (χ0v) is 7.62. The summed E-state index contributed by atoms with van der Waals surface area (Å²) in [6.45, 7) is 3.93. The van der Waals surface area contributed by atoms with Crippen molar-refractivity contribution in [1.29, 1.82) is 0 Å². The van der Waals surface area contributed by atoms with Crippen molar-refractivity contribution in [2.24, 2.45) is 5.92 Å². The van der Waals surface area contributed by atoms with Crippen LogP contribution in [-0.4, -0.2) is 23.3 Å². The molecule has 0 saturated carbocycles. The molecule has 3 unspecified atom stereocenters. The van der Waals surface area contributed by atoms with Gasteiger partial charge in [-0.3, -0.25) is 4.79 Å². The largest absolute Gasteiger partial charge is 0.481 e. The van der Waals surface area contributed by atoms with Gasteiger partial charge in [0.25, 0.3) is 0 Å². The van der Waals surface area contributed by atoms with Gasteiger partial charge in [0.05, 0.1) is 18.1 Å². The lowest BCUT2D eigenvalue weighted by atomic mass is 9.99. The van der Waals surface area contributed by atoms with E-state index < -0.39 is 5.97 Å². The molecule has 70 valence electrons. The van der Waals surface area contributed by atoms with Crippen LogP contribution in [0, 0.1) is 5.92 Å². The summed E-state index contributed by atoms with van der Waals surface area (Å²) in [6, 6.07) is 0. The smallest absolute Gasteiger partial charge is 0.309 e. The van der Waals surface area contributed by atoms with Crippen LogP contribution in [0.5, 0.6) is 0 Å². The molecule has 0 aliphatic carbocycles. The van der Waals surface area contributed by atoms with Crippen LogP contribution in [0.15, 0.2) is 0 Å². The number of carbonyl (C=O) groups is 1. The van der Waals surface area contributed by atoms with Crippen LogP contribution in [0.2, 0.25) is 0 Å². The summed E-state index contributed by atoms with van der Waals surface area (Å²) >= 11 is 0. The van der Waals surface area contributed by atoms with Gasteiger partial charge in [-0.15, -0.1) is 0 Å². The maximum Gasteiger partial charge on any atom is 0.309 e. The summed E-state index contributed by atoms with van der Waals surface area (Å²) in [5, 5.41) is 8.79. The quantitative estimate of drug-likeness (QED) is 0.704. The number of carboxylic acids is 1. The van der Waals surface area contributed by atoms with Crippen molar-refractivity contribution in [3.63, 3.8) is 0 Å². The first-order chi connectivity index (χ1) is 5.65. The van der Waals surface area contributed by atoms with Crippen LogP contribution in [0.3, 0.4) is 0 Å². The van der Waals surface area contributed by atoms with E-state index in [1.54, 1.807) is 0 Å². The van der Waals surface area contributed by atoms with E-state index in [1.165, 1.54) is 0 Å². The standard InChI is InChI=1S/C9H16O3/c1-3-4-7-5-8(9(10)11)6(2)12-7/h6-8H,3-5H2,1-2H3,(H,10,11). The Hall–Kier alpha value is -0.570. The second-order valence-electron chi connectivity index (χ2n) is 3.43. The highest BCUT2D eigenvalue weighted by molar-refractivity contribution is 5.71. The highest BCUT2D eigenvalue weighted by atomic mass is 16.5. The van der Waals surface area contributed by atoms with E-state index in [0.29, 0.717) is 6.42 Å². The maximum absolute atomic E-state index is 10.7. The Morgan fingerprint density at radius 2 is 2.33 bits per heavy atom. The van der Waals surface area contributed by atoms with Crippen molar-refractivity contribution < 1.29 is 14.6 Å². The molecule has 1 fully saturated rings. The fourth-order valence-corrected chi connectivity index (χ4v) is 1.74. The molecule has 12 heavy (non-hydrogen) atoms. The van der Waals surface area contributed by atoms with Gasteiger partial charge in [0.1, 0.15) is 0 Å². The number of rotatable bonds is 3. The highest BCUT2D eigenvalue weighted by Crippen LogP contribution is 2.28. The third kappa shape index (κ3) is 1.97. The van der Waals surface area contributed by atoms with Crippen LogP contribution in [0.1, 0.15) is 33.1 Å². The average molecular weight is 172 g/mol. The minimum absolute atomic E-state index is 0.112. The van der Waals surface area contributed by atoms with Crippen molar-refractivity contribution in [2.45, 2.75) is 45.3 Å². The number of carboxylic acid groups (broad SMARTS) is 1. The summed E-state index contributed by atoms with van der Waals surface area (Å²) in [5.74, 6) is -1.01. The van der Waals surface area contributed by atoms with Crippen LogP contribution >= 0.6 is 0 Å². The van der Waals surface area contributed by atoms with Crippen molar-refractivity contribution in [3.05, 3.63) is 0 Å². The Bertz CT molecular complexity index is 167. The molecule has 1 heterocycles. The summed E-state index contributed by atoms with van der Waals surface area (Å²) in [7, 11) is 0. The lowest BCUT2D eigenvalue weighted by Crippen LogP contribution is -2.20. The lowest BCUT2D eigenvalue weighted by molar-refractivity contribution is -0.143. The SMILES string of the molecule is CCCC1CC(C(=O)O)C(C)O1. The second kappa shape index (κ2) is 3.90. The summed E-state index contributed by atoms with van der Waals surface area (Å²) in [6.07, 6.45) is 2.78. The number of hydrogen-bond donors (Lipinski definition) is 1. The molecule has 0 aromatic heterocycles. The van der Waals surface area contributed by atoms with Crippen molar-refractivity contribution >= 4 is 5.97 Å². The van der Waals surface area contributed by atoms with Crippen LogP contribution in [0.4, 0.5) is 0 Å². The van der Waals surface area contributed by atoms with Gasteiger partial charge in [-0.25, -0.2) is 0 Å².